The number of carbonyl (C=O) groups excluding carboxylic acids is 4. The second-order valence-electron chi connectivity index (χ2n) is 12.3. The van der Waals surface area contributed by atoms with Gasteiger partial charge in [0.25, 0.3) is 11.8 Å². The number of anilines is 1. The smallest absolute Gasteiger partial charge is 0.258 e. The Bertz CT molecular complexity index is 2000. The van der Waals surface area contributed by atoms with Gasteiger partial charge >= 0.3 is 0 Å². The number of fused-ring (bicyclic) bond motifs is 4. The van der Waals surface area contributed by atoms with Gasteiger partial charge in [-0.3, -0.25) is 24.1 Å². The highest BCUT2D eigenvalue weighted by Crippen LogP contribution is 2.67. The molecule has 3 aromatic rings. The SMILES string of the molecule is COc1cccc(C2C3=CCC4C(=O)N(Cc5ccccc5)C(=O)C4C3CC3(Cl)C(=O)N(c4c(F)c(F)c(F)c(F)c4F)C(=O)C23Cl)c1O. The van der Waals surface area contributed by atoms with Crippen molar-refractivity contribution in [1.82, 2.24) is 4.90 Å². The standard InChI is InChI=1S/C34H23Cl2F5N2O6/c1-49-19-9-5-8-17(28(19)44)21-15-10-11-16-20(30(46)42(29(16)45)13-14-6-3-2-4-7-14)18(15)12-33(35)31(47)43(32(48)34(21,33)36)27-25(40)23(38)22(37)24(39)26(27)41/h2-10,16,18,20-21,44H,11-13H2,1H3. The van der Waals surface area contributed by atoms with Crippen LogP contribution in [0.1, 0.15) is 29.9 Å². The van der Waals surface area contributed by atoms with Gasteiger partial charge in [-0.05, 0) is 30.4 Å². The number of rotatable bonds is 5. The Morgan fingerprint density at radius 1 is 0.837 bits per heavy atom. The molecule has 0 radical (unpaired) electrons. The summed E-state index contributed by atoms with van der Waals surface area (Å²) in [5.74, 6) is -22.2. The van der Waals surface area contributed by atoms with Crippen molar-refractivity contribution in [2.24, 2.45) is 17.8 Å². The number of likely N-dealkylation sites (tertiary alicyclic amines) is 1. The molecular formula is C34H23Cl2F5N2O6. The zero-order valence-corrected chi connectivity index (χ0v) is 26.7. The Morgan fingerprint density at radius 2 is 1.47 bits per heavy atom. The number of benzene rings is 3. The van der Waals surface area contributed by atoms with Crippen molar-refractivity contribution in [2.45, 2.75) is 35.1 Å². The van der Waals surface area contributed by atoms with Gasteiger partial charge in [-0.2, -0.15) is 0 Å². The first-order valence-electron chi connectivity index (χ1n) is 14.9. The number of hydrogen-bond acceptors (Lipinski definition) is 6. The molecule has 6 atom stereocenters. The first-order valence-corrected chi connectivity index (χ1v) is 15.7. The second kappa shape index (κ2) is 11.3. The zero-order valence-electron chi connectivity index (χ0n) is 25.2. The summed E-state index contributed by atoms with van der Waals surface area (Å²) in [5, 5.41) is 11.3. The largest absolute Gasteiger partial charge is 0.504 e. The van der Waals surface area contributed by atoms with E-state index in [9.17, 15) is 37.5 Å². The lowest BCUT2D eigenvalue weighted by Crippen LogP contribution is -2.60. The normalized spacial score (nSPS) is 29.2. The van der Waals surface area contributed by atoms with Crippen LogP contribution < -0.4 is 9.64 Å². The minimum atomic E-state index is -2.76. The van der Waals surface area contributed by atoms with Crippen molar-refractivity contribution < 1.29 is 51.0 Å². The van der Waals surface area contributed by atoms with Crippen LogP contribution in [-0.2, 0) is 25.7 Å². The number of amides is 4. The van der Waals surface area contributed by atoms with Gasteiger partial charge in [0.2, 0.25) is 17.6 Å². The van der Waals surface area contributed by atoms with Gasteiger partial charge in [-0.15, -0.1) is 23.2 Å². The van der Waals surface area contributed by atoms with E-state index in [-0.39, 0.29) is 34.8 Å². The number of allylic oxidation sites excluding steroid dienone is 2. The molecule has 3 aromatic carbocycles. The molecule has 2 heterocycles. The number of hydrogen-bond donors (Lipinski definition) is 1. The van der Waals surface area contributed by atoms with Gasteiger partial charge in [0.15, 0.2) is 44.5 Å². The first kappa shape index (κ1) is 33.0. The molecule has 8 nitrogen and oxygen atoms in total. The molecule has 0 bridgehead atoms. The highest BCUT2D eigenvalue weighted by molar-refractivity contribution is 6.58. The van der Waals surface area contributed by atoms with E-state index in [1.165, 1.54) is 25.3 Å². The molecule has 1 N–H and O–H groups in total. The number of nitrogens with zero attached hydrogens (tertiary/aromatic N) is 2. The Kier molecular flexibility index (Phi) is 7.60. The molecule has 15 heteroatoms. The summed E-state index contributed by atoms with van der Waals surface area (Å²) >= 11 is 14.2. The molecule has 4 aliphatic rings. The second-order valence-corrected chi connectivity index (χ2v) is 13.6. The van der Waals surface area contributed by atoms with Gasteiger partial charge in [0.05, 0.1) is 25.5 Å². The molecule has 0 aromatic heterocycles. The van der Waals surface area contributed by atoms with Crippen LogP contribution in [0.25, 0.3) is 0 Å². The van der Waals surface area contributed by atoms with E-state index in [1.54, 1.807) is 36.4 Å². The molecular weight excluding hydrogens is 698 g/mol. The lowest BCUT2D eigenvalue weighted by Gasteiger charge is -2.50. The zero-order chi connectivity index (χ0) is 35.3. The Balaban J connectivity index is 1.42. The molecule has 1 saturated carbocycles. The molecule has 0 spiro atoms. The molecule has 49 heavy (non-hydrogen) atoms. The summed E-state index contributed by atoms with van der Waals surface area (Å²) in [6, 6.07) is 12.8. The maximum atomic E-state index is 15.2. The molecule has 4 amide bonds. The van der Waals surface area contributed by atoms with Crippen molar-refractivity contribution in [2.75, 3.05) is 12.0 Å². The summed E-state index contributed by atoms with van der Waals surface area (Å²) in [6.07, 6.45) is 0.867. The molecule has 7 rings (SSSR count). The minimum Gasteiger partial charge on any atom is -0.504 e. The van der Waals surface area contributed by atoms with Gasteiger partial charge in [0.1, 0.15) is 5.69 Å². The maximum Gasteiger partial charge on any atom is 0.258 e. The molecule has 2 aliphatic heterocycles. The number of methoxy groups -OCH3 is 1. The number of carbonyl (C=O) groups is 4. The van der Waals surface area contributed by atoms with E-state index in [0.29, 0.717) is 5.56 Å². The molecule has 3 fully saturated rings. The number of para-hydroxylation sites is 1. The van der Waals surface area contributed by atoms with Crippen LogP contribution >= 0.6 is 23.2 Å². The summed E-state index contributed by atoms with van der Waals surface area (Å²) in [6.45, 7) is -0.0649. The van der Waals surface area contributed by atoms with Crippen LogP contribution in [0.2, 0.25) is 0 Å². The molecule has 2 aliphatic carbocycles. The van der Waals surface area contributed by atoms with Crippen LogP contribution in [0.15, 0.2) is 60.2 Å². The number of phenolic OH excluding ortho intramolecular Hbond substituents is 1. The lowest BCUT2D eigenvalue weighted by atomic mass is 9.56. The van der Waals surface area contributed by atoms with Crippen molar-refractivity contribution in [3.63, 3.8) is 0 Å². The van der Waals surface area contributed by atoms with Crippen LogP contribution in [-0.4, -0.2) is 50.5 Å². The number of phenols is 1. The predicted octanol–water partition coefficient (Wildman–Crippen LogP) is 5.86. The third-order valence-corrected chi connectivity index (χ3v) is 11.5. The average molecular weight is 721 g/mol. The van der Waals surface area contributed by atoms with Gasteiger partial charge < -0.3 is 9.84 Å². The van der Waals surface area contributed by atoms with E-state index in [0.717, 1.165) is 4.90 Å². The summed E-state index contributed by atoms with van der Waals surface area (Å²) in [4.78, 5) is 51.7. The van der Waals surface area contributed by atoms with Crippen LogP contribution in [0, 0.1) is 46.8 Å². The predicted molar refractivity (Wildman–Crippen MR) is 163 cm³/mol. The minimum absolute atomic E-state index is 0.0284. The Hall–Kier alpha value is -4.49. The lowest BCUT2D eigenvalue weighted by molar-refractivity contribution is -0.141. The molecule has 2 saturated heterocycles. The quantitative estimate of drug-likeness (QED) is 0.0885. The van der Waals surface area contributed by atoms with Crippen molar-refractivity contribution in [3.05, 3.63) is 100 Å². The van der Waals surface area contributed by atoms with Crippen molar-refractivity contribution in [1.29, 1.82) is 0 Å². The summed E-state index contributed by atoms with van der Waals surface area (Å²) in [7, 11) is 1.23. The van der Waals surface area contributed by atoms with Crippen LogP contribution in [0.3, 0.4) is 0 Å². The number of ether oxygens (including phenoxy) is 1. The number of aromatic hydroxyl groups is 1. The van der Waals surface area contributed by atoms with E-state index >= 15 is 8.78 Å². The fourth-order valence-electron chi connectivity index (χ4n) is 7.84. The monoisotopic (exact) mass is 720 g/mol. The summed E-state index contributed by atoms with van der Waals surface area (Å²) < 4.78 is 78.4. The van der Waals surface area contributed by atoms with Crippen LogP contribution in [0.5, 0.6) is 11.5 Å². The molecule has 254 valence electrons. The number of imide groups is 2. The highest BCUT2D eigenvalue weighted by atomic mass is 35.5. The maximum absolute atomic E-state index is 15.2. The number of alkyl halides is 2. The van der Waals surface area contributed by atoms with E-state index in [1.807, 2.05) is 0 Å². The van der Waals surface area contributed by atoms with E-state index in [2.05, 4.69) is 0 Å². The Labute approximate surface area is 284 Å². The van der Waals surface area contributed by atoms with Crippen LogP contribution in [0.4, 0.5) is 27.6 Å². The fourth-order valence-corrected chi connectivity index (χ4v) is 8.76. The fraction of sp³-hybridized carbons (Fsp3) is 0.294. The topological polar surface area (TPSA) is 104 Å². The first-order chi connectivity index (χ1) is 23.2. The van der Waals surface area contributed by atoms with Gasteiger partial charge in [0, 0.05) is 11.5 Å². The third-order valence-electron chi connectivity index (χ3n) is 10.1. The van der Waals surface area contributed by atoms with Gasteiger partial charge in [-0.1, -0.05) is 54.1 Å². The van der Waals surface area contributed by atoms with E-state index in [4.69, 9.17) is 27.9 Å². The van der Waals surface area contributed by atoms with Crippen molar-refractivity contribution >= 4 is 52.5 Å². The Morgan fingerprint density at radius 3 is 2.10 bits per heavy atom. The number of halogens is 7. The molecule has 6 unspecified atom stereocenters. The third kappa shape index (κ3) is 4.27. The van der Waals surface area contributed by atoms with Crippen molar-refractivity contribution in [3.8, 4) is 11.5 Å². The van der Waals surface area contributed by atoms with E-state index < -0.39 is 104 Å². The average Bonchev–Trinajstić information content (AvgIpc) is 3.41. The summed E-state index contributed by atoms with van der Waals surface area (Å²) in [5.41, 5.74) is -1.17. The van der Waals surface area contributed by atoms with Gasteiger partial charge in [-0.25, -0.2) is 26.9 Å². The highest BCUT2D eigenvalue weighted by Gasteiger charge is 2.77.